The minimum Gasteiger partial charge on any atom is -0.402 e. The Labute approximate surface area is 123 Å². The zero-order valence-corrected chi connectivity index (χ0v) is 11.4. The van der Waals surface area contributed by atoms with Crippen LogP contribution in [0.25, 0.3) is 0 Å². The van der Waals surface area contributed by atoms with E-state index < -0.39 is 23.6 Å². The van der Waals surface area contributed by atoms with Gasteiger partial charge in [0.25, 0.3) is 0 Å². The van der Waals surface area contributed by atoms with Crippen molar-refractivity contribution in [3.05, 3.63) is 41.4 Å². The van der Waals surface area contributed by atoms with Crippen LogP contribution in [0.4, 0.5) is 23.7 Å². The van der Waals surface area contributed by atoms with Crippen LogP contribution in [0.15, 0.2) is 30.9 Å². The summed E-state index contributed by atoms with van der Waals surface area (Å²) in [6.45, 7) is 3.08. The number of amides is 1. The van der Waals surface area contributed by atoms with E-state index in [1.165, 1.54) is 18.2 Å². The summed E-state index contributed by atoms with van der Waals surface area (Å²) in [5, 5.41) is 2.25. The highest BCUT2D eigenvalue weighted by Gasteiger charge is 2.64. The third-order valence-electron chi connectivity index (χ3n) is 2.81. The first kappa shape index (κ1) is 15.7. The number of cyclic esters (lactones) is 1. The Morgan fingerprint density at radius 2 is 2.19 bits per heavy atom. The SMILES string of the molecule is C=CCCOC1(C(F)(F)F)OC(=O)Nc2ccc(Cl)cc21. The molecule has 2 rings (SSSR count). The Morgan fingerprint density at radius 1 is 1.48 bits per heavy atom. The van der Waals surface area contributed by atoms with Gasteiger partial charge in [0.05, 0.1) is 17.9 Å². The first-order valence-electron chi connectivity index (χ1n) is 5.92. The highest BCUT2D eigenvalue weighted by molar-refractivity contribution is 6.30. The molecule has 4 nitrogen and oxygen atoms in total. The second kappa shape index (κ2) is 5.57. The van der Waals surface area contributed by atoms with E-state index in [1.54, 1.807) is 0 Å². The molecule has 1 amide bonds. The van der Waals surface area contributed by atoms with Gasteiger partial charge in [0.1, 0.15) is 0 Å². The van der Waals surface area contributed by atoms with Crippen molar-refractivity contribution in [3.63, 3.8) is 0 Å². The number of rotatable bonds is 4. The molecule has 0 spiro atoms. The van der Waals surface area contributed by atoms with Gasteiger partial charge in [-0.2, -0.15) is 13.2 Å². The van der Waals surface area contributed by atoms with Gasteiger partial charge in [0.15, 0.2) is 0 Å². The number of fused-ring (bicyclic) bond motifs is 1. The number of alkyl halides is 3. The maximum atomic E-state index is 13.5. The molecule has 0 fully saturated rings. The van der Waals surface area contributed by atoms with E-state index in [4.69, 9.17) is 16.3 Å². The lowest BCUT2D eigenvalue weighted by atomic mass is 10.0. The summed E-state index contributed by atoms with van der Waals surface area (Å²) in [4.78, 5) is 11.4. The Balaban J connectivity index is 2.56. The molecule has 0 aliphatic carbocycles. The minimum atomic E-state index is -4.97. The van der Waals surface area contributed by atoms with Crippen molar-refractivity contribution >= 4 is 23.4 Å². The van der Waals surface area contributed by atoms with Crippen LogP contribution in [0.3, 0.4) is 0 Å². The predicted octanol–water partition coefficient (Wildman–Crippen LogP) is 4.21. The first-order valence-corrected chi connectivity index (χ1v) is 6.29. The molecule has 1 aromatic carbocycles. The molecule has 1 heterocycles. The van der Waals surface area contributed by atoms with E-state index in [0.717, 1.165) is 6.07 Å². The number of hydrogen-bond acceptors (Lipinski definition) is 3. The quantitative estimate of drug-likeness (QED) is 0.667. The van der Waals surface area contributed by atoms with Crippen LogP contribution in [0, 0.1) is 0 Å². The smallest absolute Gasteiger partial charge is 0.402 e. The summed E-state index contributed by atoms with van der Waals surface area (Å²) in [5.41, 5.74) is -0.460. The van der Waals surface area contributed by atoms with Gasteiger partial charge in [-0.1, -0.05) is 17.7 Å². The summed E-state index contributed by atoms with van der Waals surface area (Å²) < 4.78 is 49.9. The molecular formula is C13H11ClF3NO3. The largest absolute Gasteiger partial charge is 0.460 e. The van der Waals surface area contributed by atoms with Crippen LogP contribution >= 0.6 is 11.6 Å². The lowest BCUT2D eigenvalue weighted by Gasteiger charge is -2.38. The number of anilines is 1. The third kappa shape index (κ3) is 2.84. The molecule has 1 N–H and O–H groups in total. The van der Waals surface area contributed by atoms with Crippen LogP contribution in [0.1, 0.15) is 12.0 Å². The predicted molar refractivity (Wildman–Crippen MR) is 70.1 cm³/mol. The van der Waals surface area contributed by atoms with Crippen molar-refractivity contribution in [3.8, 4) is 0 Å². The Morgan fingerprint density at radius 3 is 2.81 bits per heavy atom. The topological polar surface area (TPSA) is 47.6 Å². The molecule has 114 valence electrons. The second-order valence-corrected chi connectivity index (χ2v) is 4.68. The maximum absolute atomic E-state index is 13.5. The highest BCUT2D eigenvalue weighted by Crippen LogP contribution is 2.48. The number of carbonyl (C=O) groups excluding carboxylic acids is 1. The number of halogens is 4. The van der Waals surface area contributed by atoms with Crippen LogP contribution in [-0.2, 0) is 15.3 Å². The number of benzene rings is 1. The molecule has 1 atom stereocenters. The van der Waals surface area contributed by atoms with Gasteiger partial charge in [0.2, 0.25) is 0 Å². The third-order valence-corrected chi connectivity index (χ3v) is 3.04. The van der Waals surface area contributed by atoms with Gasteiger partial charge in [-0.05, 0) is 24.6 Å². The zero-order valence-electron chi connectivity index (χ0n) is 10.7. The number of ether oxygens (including phenoxy) is 2. The van der Waals surface area contributed by atoms with Gasteiger partial charge in [0, 0.05) is 5.02 Å². The molecule has 1 unspecified atom stereocenters. The number of hydrogen-bond donors (Lipinski definition) is 1. The average Bonchev–Trinajstić information content (AvgIpc) is 2.38. The molecule has 1 aliphatic heterocycles. The molecule has 21 heavy (non-hydrogen) atoms. The molecule has 0 radical (unpaired) electrons. The Kier molecular flexibility index (Phi) is 4.15. The van der Waals surface area contributed by atoms with E-state index in [9.17, 15) is 18.0 Å². The minimum absolute atomic E-state index is 0.0634. The summed E-state index contributed by atoms with van der Waals surface area (Å²) in [6.07, 6.45) is -4.66. The monoisotopic (exact) mass is 321 g/mol. The highest BCUT2D eigenvalue weighted by atomic mass is 35.5. The average molecular weight is 322 g/mol. The van der Waals surface area contributed by atoms with Gasteiger partial charge in [-0.15, -0.1) is 6.58 Å². The van der Waals surface area contributed by atoms with Crippen LogP contribution in [0.2, 0.25) is 5.02 Å². The second-order valence-electron chi connectivity index (χ2n) is 4.24. The molecule has 1 aromatic rings. The fourth-order valence-electron chi connectivity index (χ4n) is 1.90. The Hall–Kier alpha value is -1.73. The zero-order chi connectivity index (χ0) is 15.7. The van der Waals surface area contributed by atoms with Crippen molar-refractivity contribution in [1.29, 1.82) is 0 Å². The van der Waals surface area contributed by atoms with Crippen LogP contribution in [0.5, 0.6) is 0 Å². The molecule has 0 aromatic heterocycles. The van der Waals surface area contributed by atoms with Gasteiger partial charge in [-0.25, -0.2) is 4.79 Å². The van der Waals surface area contributed by atoms with Gasteiger partial charge < -0.3 is 9.47 Å². The number of nitrogens with one attached hydrogen (secondary N) is 1. The van der Waals surface area contributed by atoms with Crippen molar-refractivity contribution in [2.45, 2.75) is 18.4 Å². The van der Waals surface area contributed by atoms with Gasteiger partial charge >= 0.3 is 18.1 Å². The molecule has 0 saturated heterocycles. The molecule has 1 aliphatic rings. The summed E-state index contributed by atoms with van der Waals surface area (Å²) in [6, 6.07) is 3.67. The van der Waals surface area contributed by atoms with Gasteiger partial charge in [-0.3, -0.25) is 5.32 Å². The number of carbonyl (C=O) groups is 1. The Bertz CT molecular complexity index is 576. The fraction of sp³-hybridized carbons (Fsp3) is 0.308. The lowest BCUT2D eigenvalue weighted by Crippen LogP contribution is -2.52. The molecule has 8 heteroatoms. The maximum Gasteiger partial charge on any atom is 0.460 e. The summed E-state index contributed by atoms with van der Waals surface area (Å²) in [5.74, 6) is -3.18. The fourth-order valence-corrected chi connectivity index (χ4v) is 2.08. The van der Waals surface area contributed by atoms with Crippen molar-refractivity contribution < 1.29 is 27.4 Å². The van der Waals surface area contributed by atoms with E-state index in [0.29, 0.717) is 0 Å². The molecule has 0 saturated carbocycles. The van der Waals surface area contributed by atoms with E-state index in [1.807, 2.05) is 0 Å². The van der Waals surface area contributed by atoms with Crippen LogP contribution < -0.4 is 5.32 Å². The van der Waals surface area contributed by atoms with E-state index >= 15 is 0 Å². The standard InChI is InChI=1S/C13H11ClF3NO3/c1-2-3-6-20-12(13(15,16)17)9-7-8(14)4-5-10(9)18-11(19)21-12/h2,4-5,7H,1,3,6H2,(H,18,19). The van der Waals surface area contributed by atoms with Crippen molar-refractivity contribution in [2.24, 2.45) is 0 Å². The summed E-state index contributed by atoms with van der Waals surface area (Å²) in [7, 11) is 0. The van der Waals surface area contributed by atoms with E-state index in [2.05, 4.69) is 16.6 Å². The molecule has 0 bridgehead atoms. The van der Waals surface area contributed by atoms with Crippen molar-refractivity contribution in [1.82, 2.24) is 0 Å². The molecular weight excluding hydrogens is 311 g/mol. The van der Waals surface area contributed by atoms with E-state index in [-0.39, 0.29) is 23.7 Å². The van der Waals surface area contributed by atoms with Crippen molar-refractivity contribution in [2.75, 3.05) is 11.9 Å². The van der Waals surface area contributed by atoms with Crippen LogP contribution in [-0.4, -0.2) is 18.9 Å². The first-order chi connectivity index (χ1) is 9.80. The normalized spacial score (nSPS) is 21.2. The summed E-state index contributed by atoms with van der Waals surface area (Å²) >= 11 is 5.74. The lowest BCUT2D eigenvalue weighted by molar-refractivity contribution is -0.371.